The van der Waals surface area contributed by atoms with E-state index in [-0.39, 0.29) is 5.91 Å². The van der Waals surface area contributed by atoms with Crippen LogP contribution >= 0.6 is 0 Å². The van der Waals surface area contributed by atoms with Gasteiger partial charge in [-0.15, -0.1) is 0 Å². The van der Waals surface area contributed by atoms with Crippen LogP contribution in [0.2, 0.25) is 0 Å². The maximum absolute atomic E-state index is 12.3. The first-order valence-electron chi connectivity index (χ1n) is 8.10. The molecule has 1 aromatic carbocycles. The molecule has 0 radical (unpaired) electrons. The second-order valence-corrected chi connectivity index (χ2v) is 5.73. The van der Waals surface area contributed by atoms with Crippen LogP contribution in [0.25, 0.3) is 0 Å². The van der Waals surface area contributed by atoms with Crippen molar-refractivity contribution in [2.45, 2.75) is 25.4 Å². The third-order valence-corrected chi connectivity index (χ3v) is 3.86. The highest BCUT2D eigenvalue weighted by atomic mass is 16.2. The summed E-state index contributed by atoms with van der Waals surface area (Å²) in [6.45, 7) is 0.677. The number of carbonyl (C=O) groups excluding carboxylic acids is 1. The molecular formula is C18H20N6O. The Balaban J connectivity index is 1.57. The minimum atomic E-state index is -0.665. The molecule has 0 saturated carbocycles. The number of rotatable bonds is 7. The topological polar surface area (TPSA) is 98.7 Å². The van der Waals surface area contributed by atoms with Gasteiger partial charge in [-0.1, -0.05) is 30.3 Å². The number of hydrogen-bond donors (Lipinski definition) is 2. The Labute approximate surface area is 145 Å². The maximum Gasteiger partial charge on any atom is 0.242 e. The summed E-state index contributed by atoms with van der Waals surface area (Å²) >= 11 is 0. The molecule has 2 aromatic heterocycles. The highest BCUT2D eigenvalue weighted by Crippen LogP contribution is 2.10. The molecule has 0 bridgehead atoms. The average molecular weight is 336 g/mol. The molecular weight excluding hydrogens is 316 g/mol. The van der Waals surface area contributed by atoms with Crippen LogP contribution in [0.1, 0.15) is 11.1 Å². The number of benzene rings is 1. The summed E-state index contributed by atoms with van der Waals surface area (Å²) in [4.78, 5) is 12.3. The summed E-state index contributed by atoms with van der Waals surface area (Å²) in [5.74, 6) is 0.391. The molecule has 25 heavy (non-hydrogen) atoms. The van der Waals surface area contributed by atoms with E-state index < -0.39 is 6.04 Å². The Morgan fingerprint density at radius 3 is 2.68 bits per heavy atom. The molecule has 2 heterocycles. The van der Waals surface area contributed by atoms with E-state index in [1.807, 2.05) is 18.2 Å². The molecule has 0 fully saturated rings. The van der Waals surface area contributed by atoms with Crippen LogP contribution in [0.4, 0.5) is 5.82 Å². The van der Waals surface area contributed by atoms with E-state index in [2.05, 4.69) is 32.7 Å². The first kappa shape index (κ1) is 16.8. The molecule has 1 unspecified atom stereocenters. The fraction of sp³-hybridized carbons (Fsp3) is 0.222. The smallest absolute Gasteiger partial charge is 0.242 e. The normalized spacial score (nSPS) is 11.9. The Morgan fingerprint density at radius 2 is 1.92 bits per heavy atom. The van der Waals surface area contributed by atoms with Crippen molar-refractivity contribution in [1.29, 1.82) is 0 Å². The summed E-state index contributed by atoms with van der Waals surface area (Å²) < 4.78 is 1.77. The van der Waals surface area contributed by atoms with Crippen LogP contribution in [-0.4, -0.2) is 31.9 Å². The van der Waals surface area contributed by atoms with Gasteiger partial charge in [-0.25, -0.2) is 4.68 Å². The second-order valence-electron chi connectivity index (χ2n) is 5.73. The van der Waals surface area contributed by atoms with Gasteiger partial charge >= 0.3 is 0 Å². The van der Waals surface area contributed by atoms with Gasteiger partial charge in [0.25, 0.3) is 0 Å². The first-order valence-corrected chi connectivity index (χ1v) is 8.10. The molecule has 3 aromatic rings. The summed E-state index contributed by atoms with van der Waals surface area (Å²) in [7, 11) is 0. The number of aryl methyl sites for hydroxylation is 2. The lowest BCUT2D eigenvalue weighted by molar-refractivity contribution is -0.117. The number of carbonyl (C=O) groups is 1. The standard InChI is InChI=1S/C18H20N6O/c19-16(12-15-6-9-20-21-13-15)18(25)23-17-7-10-22-24(17)11-8-14-4-2-1-3-5-14/h1-7,9-10,13,16H,8,11-12,19H2,(H,23,25). The Hall–Kier alpha value is -3.06. The van der Waals surface area contributed by atoms with Gasteiger partial charge in [0.05, 0.1) is 18.4 Å². The predicted molar refractivity (Wildman–Crippen MR) is 94.7 cm³/mol. The largest absolute Gasteiger partial charge is 0.320 e. The first-order chi connectivity index (χ1) is 12.2. The van der Waals surface area contributed by atoms with Gasteiger partial charge in [0.1, 0.15) is 5.82 Å². The van der Waals surface area contributed by atoms with Crippen LogP contribution in [0.5, 0.6) is 0 Å². The van der Waals surface area contributed by atoms with Gasteiger partial charge in [0, 0.05) is 18.8 Å². The van der Waals surface area contributed by atoms with Gasteiger partial charge in [-0.3, -0.25) is 4.79 Å². The van der Waals surface area contributed by atoms with Crippen LogP contribution in [0.3, 0.4) is 0 Å². The van der Waals surface area contributed by atoms with E-state index >= 15 is 0 Å². The molecule has 0 spiro atoms. The fourth-order valence-corrected chi connectivity index (χ4v) is 2.50. The van der Waals surface area contributed by atoms with E-state index in [9.17, 15) is 4.79 Å². The number of nitrogens with one attached hydrogen (secondary N) is 1. The van der Waals surface area contributed by atoms with Gasteiger partial charge in [-0.2, -0.15) is 15.3 Å². The lowest BCUT2D eigenvalue weighted by Crippen LogP contribution is -2.38. The van der Waals surface area contributed by atoms with Crippen molar-refractivity contribution in [3.05, 3.63) is 72.2 Å². The van der Waals surface area contributed by atoms with Crippen molar-refractivity contribution in [2.75, 3.05) is 5.32 Å². The van der Waals surface area contributed by atoms with Gasteiger partial charge in [0.15, 0.2) is 0 Å². The third-order valence-electron chi connectivity index (χ3n) is 3.86. The van der Waals surface area contributed by atoms with Crippen molar-refractivity contribution in [2.24, 2.45) is 5.73 Å². The molecule has 7 nitrogen and oxygen atoms in total. The predicted octanol–water partition coefficient (Wildman–Crippen LogP) is 1.42. The highest BCUT2D eigenvalue weighted by molar-refractivity contribution is 5.94. The Bertz CT molecular complexity index is 803. The SMILES string of the molecule is NC(Cc1ccnnc1)C(=O)Nc1ccnn1CCc1ccccc1. The number of amides is 1. The van der Waals surface area contributed by atoms with Gasteiger partial charge in [0.2, 0.25) is 5.91 Å². The molecule has 1 atom stereocenters. The molecule has 0 aliphatic rings. The second kappa shape index (κ2) is 8.16. The molecule has 128 valence electrons. The Kier molecular flexibility index (Phi) is 5.48. The average Bonchev–Trinajstić information content (AvgIpc) is 3.08. The van der Waals surface area contributed by atoms with E-state index in [0.29, 0.717) is 18.8 Å². The van der Waals surface area contributed by atoms with E-state index in [4.69, 9.17) is 5.73 Å². The van der Waals surface area contributed by atoms with E-state index in [1.54, 1.807) is 35.4 Å². The van der Waals surface area contributed by atoms with Crippen molar-refractivity contribution in [1.82, 2.24) is 20.0 Å². The van der Waals surface area contributed by atoms with E-state index in [0.717, 1.165) is 12.0 Å². The lowest BCUT2D eigenvalue weighted by atomic mass is 10.1. The molecule has 0 saturated heterocycles. The number of nitrogens with zero attached hydrogens (tertiary/aromatic N) is 4. The van der Waals surface area contributed by atoms with E-state index in [1.165, 1.54) is 5.56 Å². The number of hydrogen-bond acceptors (Lipinski definition) is 5. The molecule has 3 N–H and O–H groups in total. The van der Waals surface area contributed by atoms with Crippen LogP contribution in [0, 0.1) is 0 Å². The quantitative estimate of drug-likeness (QED) is 0.680. The van der Waals surface area contributed by atoms with Crippen LogP contribution < -0.4 is 11.1 Å². The highest BCUT2D eigenvalue weighted by Gasteiger charge is 2.16. The minimum absolute atomic E-state index is 0.252. The van der Waals surface area contributed by atoms with Gasteiger partial charge < -0.3 is 11.1 Å². The van der Waals surface area contributed by atoms with Crippen molar-refractivity contribution >= 4 is 11.7 Å². The summed E-state index contributed by atoms with van der Waals surface area (Å²) in [5.41, 5.74) is 8.08. The molecule has 0 aliphatic heterocycles. The van der Waals surface area contributed by atoms with Crippen LogP contribution in [0.15, 0.2) is 61.1 Å². The van der Waals surface area contributed by atoms with Crippen molar-refractivity contribution in [3.63, 3.8) is 0 Å². The molecule has 7 heteroatoms. The van der Waals surface area contributed by atoms with Crippen molar-refractivity contribution in [3.8, 4) is 0 Å². The van der Waals surface area contributed by atoms with Crippen molar-refractivity contribution < 1.29 is 4.79 Å². The fourth-order valence-electron chi connectivity index (χ4n) is 2.50. The maximum atomic E-state index is 12.3. The molecule has 1 amide bonds. The number of anilines is 1. The number of aromatic nitrogens is 4. The summed E-state index contributed by atoms with van der Waals surface area (Å²) in [6, 6.07) is 13.0. The van der Waals surface area contributed by atoms with Gasteiger partial charge in [-0.05, 0) is 30.0 Å². The lowest BCUT2D eigenvalue weighted by Gasteiger charge is -2.13. The zero-order chi connectivity index (χ0) is 17.5. The number of nitrogens with two attached hydrogens (primary N) is 1. The summed E-state index contributed by atoms with van der Waals surface area (Å²) in [5, 5.41) is 14.6. The third kappa shape index (κ3) is 4.71. The van der Waals surface area contributed by atoms with Crippen LogP contribution in [-0.2, 0) is 24.2 Å². The summed E-state index contributed by atoms with van der Waals surface area (Å²) in [6.07, 6.45) is 6.09. The Morgan fingerprint density at radius 1 is 1.08 bits per heavy atom. The zero-order valence-electron chi connectivity index (χ0n) is 13.7. The zero-order valence-corrected chi connectivity index (χ0v) is 13.7. The monoisotopic (exact) mass is 336 g/mol. The minimum Gasteiger partial charge on any atom is -0.320 e. The molecule has 0 aliphatic carbocycles. The molecule has 3 rings (SSSR count).